The molecule has 0 aromatic heterocycles. The largest absolute Gasteiger partial charge is 0.462 e. The van der Waals surface area contributed by atoms with Crippen molar-refractivity contribution in [3.8, 4) is 6.07 Å². The summed E-state index contributed by atoms with van der Waals surface area (Å²) in [6, 6.07) is 1.78. The molecule has 106 valence electrons. The van der Waals surface area contributed by atoms with Crippen molar-refractivity contribution in [1.82, 2.24) is 4.90 Å². The van der Waals surface area contributed by atoms with Gasteiger partial charge in [-0.2, -0.15) is 5.26 Å². The van der Waals surface area contributed by atoms with Crippen molar-refractivity contribution in [3.63, 3.8) is 0 Å². The molecule has 0 amide bonds. The molecule has 0 aromatic rings. The summed E-state index contributed by atoms with van der Waals surface area (Å²) in [6.07, 6.45) is 4.64. The van der Waals surface area contributed by atoms with Crippen LogP contribution in [0.4, 0.5) is 0 Å². The second-order valence-electron chi connectivity index (χ2n) is 3.51. The molecule has 0 rings (SSSR count). The lowest BCUT2D eigenvalue weighted by atomic mass is 10.2. The Morgan fingerprint density at radius 2 is 2.21 bits per heavy atom. The molecular weight excluding hydrogens is 248 g/mol. The Balaban J connectivity index is 4.54. The third-order valence-electron chi connectivity index (χ3n) is 2.15. The molecular formula is C13H20N2O4. The minimum Gasteiger partial charge on any atom is -0.462 e. The number of rotatable bonds is 9. The van der Waals surface area contributed by atoms with Crippen LogP contribution in [0.3, 0.4) is 0 Å². The first-order valence-corrected chi connectivity index (χ1v) is 5.99. The quantitative estimate of drug-likeness (QED) is 0.283. The predicted octanol–water partition coefficient (Wildman–Crippen LogP) is 0.454. The number of nitrogens with zero attached hydrogens (tertiary/aromatic N) is 2. The molecule has 0 aromatic carbocycles. The Morgan fingerprint density at radius 1 is 1.47 bits per heavy atom. The number of methoxy groups -OCH3 is 1. The van der Waals surface area contributed by atoms with E-state index >= 15 is 0 Å². The maximum Gasteiger partial charge on any atom is 0.348 e. The lowest BCUT2D eigenvalue weighted by molar-refractivity contribution is -0.138. The Labute approximate surface area is 113 Å². The lowest BCUT2D eigenvalue weighted by Crippen LogP contribution is -2.24. The van der Waals surface area contributed by atoms with Crippen molar-refractivity contribution in [1.29, 1.82) is 5.26 Å². The molecule has 6 nitrogen and oxygen atoms in total. The fourth-order valence-corrected chi connectivity index (χ4v) is 1.22. The van der Waals surface area contributed by atoms with Crippen LogP contribution in [0.5, 0.6) is 0 Å². The molecule has 0 fully saturated rings. The molecule has 0 spiro atoms. The molecule has 0 radical (unpaired) electrons. The van der Waals surface area contributed by atoms with Gasteiger partial charge in [-0.25, -0.2) is 4.79 Å². The standard InChI is InChI=1S/C13H20N2O4/c1-3-19-13(17)12(11-14)5-4-6-15(7-9-16)8-10-18-2/h4-6,16H,3,7-10H2,1-2H3/b6-4+,12-5+. The lowest BCUT2D eigenvalue weighted by Gasteiger charge is -2.18. The van der Waals surface area contributed by atoms with Crippen molar-refractivity contribution in [2.45, 2.75) is 6.92 Å². The van der Waals surface area contributed by atoms with E-state index in [1.807, 2.05) is 4.90 Å². The number of carbonyl (C=O) groups excluding carboxylic acids is 1. The molecule has 0 bridgehead atoms. The minimum absolute atomic E-state index is 0.0146. The normalized spacial score (nSPS) is 11.4. The molecule has 0 aliphatic rings. The van der Waals surface area contributed by atoms with Crippen molar-refractivity contribution in [2.24, 2.45) is 0 Å². The average molecular weight is 268 g/mol. The SMILES string of the molecule is CCOC(=O)/C(C#N)=C/C=C/N(CCO)CCOC. The zero-order valence-electron chi connectivity index (χ0n) is 11.3. The molecule has 0 heterocycles. The summed E-state index contributed by atoms with van der Waals surface area (Å²) >= 11 is 0. The average Bonchev–Trinajstić information content (AvgIpc) is 2.41. The molecule has 1 N–H and O–H groups in total. The number of aliphatic hydroxyl groups is 1. The predicted molar refractivity (Wildman–Crippen MR) is 70.0 cm³/mol. The maximum absolute atomic E-state index is 11.3. The van der Waals surface area contributed by atoms with E-state index in [0.717, 1.165) is 0 Å². The van der Waals surface area contributed by atoms with Crippen LogP contribution in [0, 0.1) is 11.3 Å². The van der Waals surface area contributed by atoms with Crippen LogP contribution in [-0.2, 0) is 14.3 Å². The second-order valence-corrected chi connectivity index (χ2v) is 3.51. The number of hydrogen-bond acceptors (Lipinski definition) is 6. The number of esters is 1. The number of hydrogen-bond donors (Lipinski definition) is 1. The number of allylic oxidation sites excluding steroid dienone is 2. The molecule has 0 aliphatic heterocycles. The van der Waals surface area contributed by atoms with E-state index in [9.17, 15) is 4.79 Å². The summed E-state index contributed by atoms with van der Waals surface area (Å²) in [5.41, 5.74) is -0.0613. The van der Waals surface area contributed by atoms with E-state index in [1.165, 1.54) is 6.08 Å². The number of aliphatic hydroxyl groups excluding tert-OH is 1. The van der Waals surface area contributed by atoms with E-state index in [-0.39, 0.29) is 18.8 Å². The van der Waals surface area contributed by atoms with Crippen LogP contribution in [0.1, 0.15) is 6.92 Å². The fraction of sp³-hybridized carbons (Fsp3) is 0.538. The molecule has 0 aliphatic carbocycles. The van der Waals surface area contributed by atoms with Gasteiger partial charge in [-0.05, 0) is 25.3 Å². The first-order valence-electron chi connectivity index (χ1n) is 5.99. The summed E-state index contributed by atoms with van der Waals surface area (Å²) in [7, 11) is 1.59. The third kappa shape index (κ3) is 7.97. The Hall–Kier alpha value is -1.84. The van der Waals surface area contributed by atoms with E-state index < -0.39 is 5.97 Å². The minimum atomic E-state index is -0.639. The van der Waals surface area contributed by atoms with Gasteiger partial charge >= 0.3 is 5.97 Å². The van der Waals surface area contributed by atoms with E-state index in [2.05, 4.69) is 0 Å². The van der Waals surface area contributed by atoms with Crippen molar-refractivity contribution in [3.05, 3.63) is 23.9 Å². The molecule has 19 heavy (non-hydrogen) atoms. The van der Waals surface area contributed by atoms with Gasteiger partial charge in [0.1, 0.15) is 11.6 Å². The van der Waals surface area contributed by atoms with Gasteiger partial charge in [0.2, 0.25) is 0 Å². The summed E-state index contributed by atoms with van der Waals surface area (Å²) < 4.78 is 9.67. The number of nitriles is 1. The highest BCUT2D eigenvalue weighted by Crippen LogP contribution is 1.98. The Kier molecular flexibility index (Phi) is 10.2. The molecule has 0 unspecified atom stereocenters. The van der Waals surface area contributed by atoms with Crippen LogP contribution in [0.25, 0.3) is 0 Å². The zero-order valence-corrected chi connectivity index (χ0v) is 11.3. The topological polar surface area (TPSA) is 82.8 Å². The second kappa shape index (κ2) is 11.3. The van der Waals surface area contributed by atoms with Crippen LogP contribution in [0.2, 0.25) is 0 Å². The van der Waals surface area contributed by atoms with E-state index in [0.29, 0.717) is 19.7 Å². The smallest absolute Gasteiger partial charge is 0.348 e. The summed E-state index contributed by atoms with van der Waals surface area (Å²) in [4.78, 5) is 13.1. The summed E-state index contributed by atoms with van der Waals surface area (Å²) in [6.45, 7) is 3.51. The van der Waals surface area contributed by atoms with Crippen LogP contribution < -0.4 is 0 Å². The molecule has 6 heteroatoms. The van der Waals surface area contributed by atoms with Crippen LogP contribution in [0.15, 0.2) is 23.9 Å². The van der Waals surface area contributed by atoms with Gasteiger partial charge in [-0.3, -0.25) is 0 Å². The number of ether oxygens (including phenoxy) is 2. The maximum atomic E-state index is 11.3. The molecule has 0 atom stereocenters. The van der Waals surface area contributed by atoms with Gasteiger partial charge in [0.05, 0.1) is 19.8 Å². The van der Waals surface area contributed by atoms with Crippen molar-refractivity contribution >= 4 is 5.97 Å². The van der Waals surface area contributed by atoms with E-state index in [1.54, 1.807) is 32.4 Å². The zero-order chi connectivity index (χ0) is 14.5. The van der Waals surface area contributed by atoms with Gasteiger partial charge in [-0.15, -0.1) is 0 Å². The highest BCUT2D eigenvalue weighted by molar-refractivity contribution is 5.93. The van der Waals surface area contributed by atoms with E-state index in [4.69, 9.17) is 19.8 Å². The molecule has 0 saturated carbocycles. The summed E-state index contributed by atoms with van der Waals surface area (Å²) in [5, 5.41) is 17.7. The first-order chi connectivity index (χ1) is 9.19. The van der Waals surface area contributed by atoms with Gasteiger partial charge < -0.3 is 19.5 Å². The Bertz CT molecular complexity index is 358. The van der Waals surface area contributed by atoms with Crippen molar-refractivity contribution < 1.29 is 19.4 Å². The van der Waals surface area contributed by atoms with Gasteiger partial charge in [-0.1, -0.05) is 0 Å². The monoisotopic (exact) mass is 268 g/mol. The van der Waals surface area contributed by atoms with Crippen LogP contribution >= 0.6 is 0 Å². The highest BCUT2D eigenvalue weighted by atomic mass is 16.5. The van der Waals surface area contributed by atoms with Gasteiger partial charge in [0.25, 0.3) is 0 Å². The summed E-state index contributed by atoms with van der Waals surface area (Å²) in [5.74, 6) is -0.639. The van der Waals surface area contributed by atoms with Gasteiger partial charge in [0.15, 0.2) is 0 Å². The third-order valence-corrected chi connectivity index (χ3v) is 2.15. The van der Waals surface area contributed by atoms with Crippen LogP contribution in [-0.4, -0.2) is 56.0 Å². The number of carbonyl (C=O) groups is 1. The Morgan fingerprint density at radius 3 is 2.74 bits per heavy atom. The highest BCUT2D eigenvalue weighted by Gasteiger charge is 2.07. The van der Waals surface area contributed by atoms with Gasteiger partial charge in [0, 0.05) is 20.2 Å². The first kappa shape index (κ1) is 17.2. The fourth-order valence-electron chi connectivity index (χ4n) is 1.22. The van der Waals surface area contributed by atoms with Crippen molar-refractivity contribution in [2.75, 3.05) is 40.0 Å². The molecule has 0 saturated heterocycles.